The molecule has 0 unspecified atom stereocenters. The monoisotopic (exact) mass is 455 g/mol. The first-order valence-electron chi connectivity index (χ1n) is 11.3. The first-order chi connectivity index (χ1) is 16.6. The van der Waals surface area contributed by atoms with Crippen LogP contribution in [0.15, 0.2) is 60.7 Å². The Morgan fingerprint density at radius 3 is 2.53 bits per heavy atom. The van der Waals surface area contributed by atoms with Crippen molar-refractivity contribution in [3.63, 3.8) is 0 Å². The van der Waals surface area contributed by atoms with Crippen molar-refractivity contribution < 1.29 is 14.3 Å². The summed E-state index contributed by atoms with van der Waals surface area (Å²) in [5, 5.41) is 9.76. The molecular formula is C28H29N3O3. The van der Waals surface area contributed by atoms with Gasteiger partial charge in [-0.2, -0.15) is 5.26 Å². The normalized spacial score (nSPS) is 13.6. The van der Waals surface area contributed by atoms with Gasteiger partial charge in [0.05, 0.1) is 6.61 Å². The van der Waals surface area contributed by atoms with E-state index in [9.17, 15) is 10.1 Å². The number of hydrogen-bond donors (Lipinski definition) is 0. The van der Waals surface area contributed by atoms with Crippen LogP contribution in [0.2, 0.25) is 0 Å². The summed E-state index contributed by atoms with van der Waals surface area (Å²) in [5.74, 6) is 3.26. The summed E-state index contributed by atoms with van der Waals surface area (Å²) in [7, 11) is 0. The highest BCUT2D eigenvalue weighted by Crippen LogP contribution is 2.34. The Hall–Kier alpha value is -4.16. The number of terminal acetylenes is 1. The van der Waals surface area contributed by atoms with E-state index in [1.54, 1.807) is 23.1 Å². The van der Waals surface area contributed by atoms with Gasteiger partial charge in [-0.15, -0.1) is 13.0 Å². The number of rotatable bonds is 9. The van der Waals surface area contributed by atoms with Gasteiger partial charge >= 0.3 is 0 Å². The van der Waals surface area contributed by atoms with Gasteiger partial charge in [-0.25, -0.2) is 0 Å². The van der Waals surface area contributed by atoms with Gasteiger partial charge in [0.15, 0.2) is 11.5 Å². The molecule has 0 radical (unpaired) electrons. The molecule has 174 valence electrons. The topological polar surface area (TPSA) is 65.8 Å². The van der Waals surface area contributed by atoms with Crippen LogP contribution in [-0.2, 0) is 11.2 Å². The second-order valence-corrected chi connectivity index (χ2v) is 7.71. The fourth-order valence-corrected chi connectivity index (χ4v) is 3.90. The molecule has 0 spiro atoms. The van der Waals surface area contributed by atoms with Crippen molar-refractivity contribution in [2.45, 2.75) is 13.3 Å². The van der Waals surface area contributed by atoms with Crippen LogP contribution in [0.5, 0.6) is 11.5 Å². The van der Waals surface area contributed by atoms with E-state index in [1.165, 1.54) is 0 Å². The Morgan fingerprint density at radius 2 is 1.91 bits per heavy atom. The van der Waals surface area contributed by atoms with Gasteiger partial charge in [-0.3, -0.25) is 4.79 Å². The number of piperazine rings is 1. The molecule has 1 amide bonds. The minimum absolute atomic E-state index is 0.0810. The minimum atomic E-state index is -0.272. The maximum atomic E-state index is 13.1. The smallest absolute Gasteiger partial charge is 0.264 e. The molecule has 0 bridgehead atoms. The molecule has 0 aliphatic carbocycles. The van der Waals surface area contributed by atoms with Gasteiger partial charge in [0.2, 0.25) is 0 Å². The summed E-state index contributed by atoms with van der Waals surface area (Å²) in [6.45, 7) is 8.76. The summed E-state index contributed by atoms with van der Waals surface area (Å²) in [5.41, 5.74) is 2.72. The molecule has 3 rings (SSSR count). The molecule has 6 nitrogen and oxygen atoms in total. The van der Waals surface area contributed by atoms with E-state index in [1.807, 2.05) is 31.2 Å². The maximum Gasteiger partial charge on any atom is 0.264 e. The van der Waals surface area contributed by atoms with E-state index < -0.39 is 0 Å². The highest BCUT2D eigenvalue weighted by atomic mass is 16.5. The fourth-order valence-electron chi connectivity index (χ4n) is 3.90. The number of anilines is 1. The Bertz CT molecular complexity index is 1120. The van der Waals surface area contributed by atoms with Crippen LogP contribution >= 0.6 is 0 Å². The third-order valence-electron chi connectivity index (χ3n) is 5.47. The lowest BCUT2D eigenvalue weighted by molar-refractivity contribution is -0.126. The van der Waals surface area contributed by atoms with Crippen molar-refractivity contribution in [3.8, 4) is 29.9 Å². The third kappa shape index (κ3) is 5.99. The number of benzene rings is 2. The van der Waals surface area contributed by atoms with Gasteiger partial charge in [0.1, 0.15) is 18.2 Å². The predicted octanol–water partition coefficient (Wildman–Crippen LogP) is 4.08. The van der Waals surface area contributed by atoms with E-state index in [4.69, 9.17) is 15.9 Å². The van der Waals surface area contributed by atoms with Crippen LogP contribution in [0.3, 0.4) is 0 Å². The predicted molar refractivity (Wildman–Crippen MR) is 135 cm³/mol. The third-order valence-corrected chi connectivity index (χ3v) is 5.47. The quantitative estimate of drug-likeness (QED) is 0.247. The molecule has 0 atom stereocenters. The summed E-state index contributed by atoms with van der Waals surface area (Å²) in [6.07, 6.45) is 9.24. The molecule has 1 aliphatic heterocycles. The molecule has 1 fully saturated rings. The molecule has 1 aliphatic rings. The lowest BCUT2D eigenvalue weighted by Crippen LogP contribution is -2.49. The van der Waals surface area contributed by atoms with Gasteiger partial charge < -0.3 is 19.3 Å². The summed E-state index contributed by atoms with van der Waals surface area (Å²) >= 11 is 0. The van der Waals surface area contributed by atoms with Crippen LogP contribution in [0.1, 0.15) is 18.1 Å². The van der Waals surface area contributed by atoms with E-state index >= 15 is 0 Å². The number of ether oxygens (including phenoxy) is 2. The van der Waals surface area contributed by atoms with Gasteiger partial charge in [0, 0.05) is 37.4 Å². The van der Waals surface area contributed by atoms with Crippen molar-refractivity contribution in [1.29, 1.82) is 5.26 Å². The van der Waals surface area contributed by atoms with Crippen LogP contribution in [0, 0.1) is 23.7 Å². The van der Waals surface area contributed by atoms with Crippen LogP contribution < -0.4 is 14.4 Å². The van der Waals surface area contributed by atoms with Crippen LogP contribution in [0.25, 0.3) is 6.08 Å². The van der Waals surface area contributed by atoms with Crippen molar-refractivity contribution in [3.05, 3.63) is 71.8 Å². The van der Waals surface area contributed by atoms with Gasteiger partial charge in [0.25, 0.3) is 5.91 Å². The number of carbonyl (C=O) groups excluding carboxylic acids is 1. The zero-order valence-corrected chi connectivity index (χ0v) is 19.5. The molecule has 0 saturated carbocycles. The number of carbonyl (C=O) groups is 1. The molecule has 2 aromatic carbocycles. The van der Waals surface area contributed by atoms with Gasteiger partial charge in [-0.1, -0.05) is 30.2 Å². The van der Waals surface area contributed by atoms with Crippen LogP contribution in [0.4, 0.5) is 5.69 Å². The van der Waals surface area contributed by atoms with Crippen molar-refractivity contribution in [1.82, 2.24) is 4.90 Å². The number of nitrogens with zero attached hydrogens (tertiary/aromatic N) is 3. The standard InChI is InChI=1S/C28H29N3O3/c1-4-10-23-18-22(20-26(33-6-3)27(23)34-17-5-2)19-24(21-29)28(32)31-15-13-30(14-16-31)25-11-8-7-9-12-25/h2,4,7-9,11-12,18-20H,1,6,10,13-17H2,3H3/b24-19-. The maximum absolute atomic E-state index is 13.1. The summed E-state index contributed by atoms with van der Waals surface area (Å²) in [4.78, 5) is 17.1. The number of amides is 1. The molecule has 2 aromatic rings. The lowest BCUT2D eigenvalue weighted by atomic mass is 10.0. The van der Waals surface area contributed by atoms with E-state index in [2.05, 4.69) is 35.6 Å². The first kappa shape index (κ1) is 24.5. The Labute approximate surface area is 201 Å². The molecule has 1 saturated heterocycles. The fraction of sp³-hybridized carbons (Fsp3) is 0.286. The Balaban J connectivity index is 1.82. The highest BCUT2D eigenvalue weighted by molar-refractivity contribution is 6.02. The minimum Gasteiger partial charge on any atom is -0.490 e. The molecule has 6 heteroatoms. The van der Waals surface area contributed by atoms with E-state index in [0.29, 0.717) is 56.3 Å². The number of nitriles is 1. The van der Waals surface area contributed by atoms with Crippen molar-refractivity contribution >= 4 is 17.7 Å². The number of para-hydroxylation sites is 1. The summed E-state index contributed by atoms with van der Waals surface area (Å²) < 4.78 is 11.5. The van der Waals surface area contributed by atoms with E-state index in [-0.39, 0.29) is 18.1 Å². The molecule has 0 aromatic heterocycles. The SMILES string of the molecule is C#CCOc1c(CC=C)cc(/C=C(/C#N)C(=O)N2CCN(c3ccccc3)CC2)cc1OCC. The average molecular weight is 456 g/mol. The second kappa shape index (κ2) is 12.2. The lowest BCUT2D eigenvalue weighted by Gasteiger charge is -2.36. The molecular weight excluding hydrogens is 426 g/mol. The Kier molecular flexibility index (Phi) is 8.77. The molecule has 1 heterocycles. The highest BCUT2D eigenvalue weighted by Gasteiger charge is 2.24. The van der Waals surface area contributed by atoms with E-state index in [0.717, 1.165) is 11.3 Å². The largest absolute Gasteiger partial charge is 0.490 e. The average Bonchev–Trinajstić information content (AvgIpc) is 2.87. The second-order valence-electron chi connectivity index (χ2n) is 7.71. The molecule has 0 N–H and O–H groups in total. The molecule has 34 heavy (non-hydrogen) atoms. The van der Waals surface area contributed by atoms with Crippen LogP contribution in [-0.4, -0.2) is 50.2 Å². The van der Waals surface area contributed by atoms with Crippen molar-refractivity contribution in [2.24, 2.45) is 0 Å². The number of hydrogen-bond acceptors (Lipinski definition) is 5. The zero-order valence-electron chi connectivity index (χ0n) is 19.5. The first-order valence-corrected chi connectivity index (χ1v) is 11.3. The Morgan fingerprint density at radius 1 is 1.18 bits per heavy atom. The van der Waals surface area contributed by atoms with Gasteiger partial charge in [-0.05, 0) is 49.2 Å². The summed E-state index contributed by atoms with van der Waals surface area (Å²) in [6, 6.07) is 15.8. The zero-order chi connectivity index (χ0) is 24.3. The van der Waals surface area contributed by atoms with Crippen molar-refractivity contribution in [2.75, 3.05) is 44.3 Å². The number of allylic oxidation sites excluding steroid dienone is 1.